The lowest BCUT2D eigenvalue weighted by molar-refractivity contribution is -0.192. The van der Waals surface area contributed by atoms with Crippen LogP contribution in [-0.2, 0) is 38.4 Å². The average molecular weight is 716 g/mol. The van der Waals surface area contributed by atoms with E-state index >= 15 is 0 Å². The number of carbonyl (C=O) groups is 8. The van der Waals surface area contributed by atoms with Crippen LogP contribution in [0.5, 0.6) is 0 Å². The third kappa shape index (κ3) is 16.4. The van der Waals surface area contributed by atoms with Gasteiger partial charge < -0.3 is 63.8 Å². The number of rotatable bonds is 17. The third-order valence-electron chi connectivity index (χ3n) is 6.41. The first-order valence-electron chi connectivity index (χ1n) is 14.3. The molecule has 1 aliphatic heterocycles. The summed E-state index contributed by atoms with van der Waals surface area (Å²) in [7, 11) is 0. The van der Waals surface area contributed by atoms with Crippen LogP contribution in [0.4, 0.5) is 13.2 Å². The van der Waals surface area contributed by atoms with Crippen LogP contribution in [0.25, 0.3) is 0 Å². The van der Waals surface area contributed by atoms with Crippen LogP contribution in [0.1, 0.15) is 39.0 Å². The highest BCUT2D eigenvalue weighted by molar-refractivity contribution is 5.97. The number of nitrogens with one attached hydrogen (secondary N) is 4. The lowest BCUT2D eigenvalue weighted by atomic mass is 10.1. The zero-order chi connectivity index (χ0) is 38.1. The number of carboxylic acids is 3. The molecule has 1 saturated heterocycles. The van der Waals surface area contributed by atoms with Crippen LogP contribution in [0.2, 0.25) is 0 Å². The van der Waals surface area contributed by atoms with Gasteiger partial charge in [-0.3, -0.25) is 33.8 Å². The Labute approximate surface area is 275 Å². The lowest BCUT2D eigenvalue weighted by Gasteiger charge is -2.28. The predicted octanol–water partition coefficient (Wildman–Crippen LogP) is -4.87. The van der Waals surface area contributed by atoms with Crippen LogP contribution in [0.15, 0.2) is 4.99 Å². The Hall–Kier alpha value is -5.26. The first kappa shape index (κ1) is 43.7. The molecule has 1 heterocycles. The summed E-state index contributed by atoms with van der Waals surface area (Å²) in [4.78, 5) is 99.4. The summed E-state index contributed by atoms with van der Waals surface area (Å²) in [6.45, 7) is 0.135. The fourth-order valence-electron chi connectivity index (χ4n) is 4.03. The fraction of sp³-hybridized carbons (Fsp3) is 0.640. The van der Waals surface area contributed by atoms with Gasteiger partial charge in [0.1, 0.15) is 30.2 Å². The summed E-state index contributed by atoms with van der Waals surface area (Å²) in [5, 5.41) is 44.4. The number of aliphatic hydroxyl groups excluding tert-OH is 1. The van der Waals surface area contributed by atoms with Crippen molar-refractivity contribution in [1.82, 2.24) is 26.2 Å². The zero-order valence-electron chi connectivity index (χ0n) is 26.1. The number of amides is 5. The van der Waals surface area contributed by atoms with E-state index in [4.69, 9.17) is 27.1 Å². The smallest absolute Gasteiger partial charge is 0.481 e. The van der Waals surface area contributed by atoms with E-state index in [9.17, 15) is 62.1 Å². The molecular formula is C25H40F3N9O12. The van der Waals surface area contributed by atoms with Gasteiger partial charge in [-0.25, -0.2) is 9.59 Å². The van der Waals surface area contributed by atoms with Crippen molar-refractivity contribution < 1.29 is 72.0 Å². The molecule has 1 aliphatic rings. The highest BCUT2D eigenvalue weighted by atomic mass is 19.4. The van der Waals surface area contributed by atoms with Crippen molar-refractivity contribution in [1.29, 1.82) is 0 Å². The summed E-state index contributed by atoms with van der Waals surface area (Å²) in [5.41, 5.74) is 15.8. The number of nitrogens with two attached hydrogens (primary N) is 3. The number of nitrogens with zero attached hydrogens (tertiary/aromatic N) is 2. The molecule has 1 rings (SSSR count). The number of guanidine groups is 1. The van der Waals surface area contributed by atoms with Gasteiger partial charge in [0.25, 0.3) is 0 Å². The molecule has 0 aromatic carbocycles. The van der Waals surface area contributed by atoms with Crippen LogP contribution in [-0.4, -0.2) is 141 Å². The van der Waals surface area contributed by atoms with Crippen molar-refractivity contribution in [3.8, 4) is 0 Å². The molecule has 0 unspecified atom stereocenters. The van der Waals surface area contributed by atoms with E-state index < -0.39 is 103 Å². The molecule has 0 saturated carbocycles. The number of likely N-dealkylation sites (tertiary alicyclic amines) is 1. The van der Waals surface area contributed by atoms with E-state index in [0.717, 1.165) is 4.90 Å². The van der Waals surface area contributed by atoms with E-state index in [-0.39, 0.29) is 38.3 Å². The summed E-state index contributed by atoms with van der Waals surface area (Å²) in [6, 6.07) is -6.94. The molecule has 1 fully saturated rings. The fourth-order valence-corrected chi connectivity index (χ4v) is 4.03. The van der Waals surface area contributed by atoms with Crippen molar-refractivity contribution in [2.45, 2.75) is 75.4 Å². The number of carboxylic acid groups (broad SMARTS) is 3. The summed E-state index contributed by atoms with van der Waals surface area (Å²) in [6.07, 6.45) is -5.09. The molecule has 21 nitrogen and oxygen atoms in total. The molecule has 49 heavy (non-hydrogen) atoms. The minimum absolute atomic E-state index is 0.0725. The number of aliphatic carboxylic acids is 3. The van der Waals surface area contributed by atoms with Crippen molar-refractivity contribution in [3.05, 3.63) is 0 Å². The number of hydrogen-bond acceptors (Lipinski definition) is 11. The molecular weight excluding hydrogens is 675 g/mol. The Balaban J connectivity index is 0.00000295. The van der Waals surface area contributed by atoms with Gasteiger partial charge in [0.05, 0.1) is 19.6 Å². The molecule has 0 aliphatic carbocycles. The van der Waals surface area contributed by atoms with Crippen LogP contribution in [0, 0.1) is 0 Å². The molecule has 0 radical (unpaired) electrons. The second-order valence-electron chi connectivity index (χ2n) is 10.2. The van der Waals surface area contributed by atoms with E-state index in [1.807, 2.05) is 0 Å². The SMILES string of the molecule is C[C@H](NC(=O)[C@H](CCCN=C(N)N)NC(=O)CN)C(=O)N[C@@H](CC(=O)O)C(=O)N[C@@H](CO)C(=O)N1CCC[C@H]1C(=O)O.O=C(O)C(F)(F)F. The van der Waals surface area contributed by atoms with Crippen molar-refractivity contribution >= 4 is 53.4 Å². The average Bonchev–Trinajstić information content (AvgIpc) is 3.50. The van der Waals surface area contributed by atoms with E-state index in [0.29, 0.717) is 6.42 Å². The summed E-state index contributed by atoms with van der Waals surface area (Å²) in [5.74, 6) is -10.1. The van der Waals surface area contributed by atoms with Crippen LogP contribution in [0.3, 0.4) is 0 Å². The van der Waals surface area contributed by atoms with Crippen molar-refractivity contribution in [2.75, 3.05) is 26.2 Å². The highest BCUT2D eigenvalue weighted by Gasteiger charge is 2.39. The number of halogens is 3. The Bertz CT molecular complexity index is 1250. The number of aliphatic hydroxyl groups is 1. The highest BCUT2D eigenvalue weighted by Crippen LogP contribution is 2.18. The second-order valence-corrected chi connectivity index (χ2v) is 10.2. The van der Waals surface area contributed by atoms with Crippen LogP contribution >= 0.6 is 0 Å². The van der Waals surface area contributed by atoms with E-state index in [1.165, 1.54) is 6.92 Å². The first-order chi connectivity index (χ1) is 22.7. The molecule has 5 atom stereocenters. The van der Waals surface area contributed by atoms with Gasteiger partial charge in [-0.1, -0.05) is 0 Å². The van der Waals surface area contributed by atoms with Gasteiger partial charge in [0, 0.05) is 13.1 Å². The van der Waals surface area contributed by atoms with E-state index in [2.05, 4.69) is 26.3 Å². The summed E-state index contributed by atoms with van der Waals surface area (Å²) < 4.78 is 31.7. The Morgan fingerprint density at radius 2 is 1.45 bits per heavy atom. The van der Waals surface area contributed by atoms with Gasteiger partial charge in [-0.05, 0) is 32.6 Å². The number of alkyl halides is 3. The molecule has 0 aromatic heterocycles. The Morgan fingerprint density at radius 1 is 0.898 bits per heavy atom. The molecule has 278 valence electrons. The number of hydrogen-bond donors (Lipinski definition) is 11. The minimum atomic E-state index is -5.08. The van der Waals surface area contributed by atoms with Gasteiger partial charge in [0.2, 0.25) is 29.5 Å². The van der Waals surface area contributed by atoms with Crippen molar-refractivity contribution in [2.24, 2.45) is 22.2 Å². The van der Waals surface area contributed by atoms with Gasteiger partial charge in [-0.2, -0.15) is 13.2 Å². The normalized spacial score (nSPS) is 16.3. The second kappa shape index (κ2) is 20.9. The number of carbonyl (C=O) groups excluding carboxylic acids is 5. The quantitative estimate of drug-likeness (QED) is 0.0382. The maximum Gasteiger partial charge on any atom is 0.490 e. The molecule has 0 bridgehead atoms. The van der Waals surface area contributed by atoms with Crippen LogP contribution < -0.4 is 38.5 Å². The molecule has 14 N–H and O–H groups in total. The molecule has 0 spiro atoms. The zero-order valence-corrected chi connectivity index (χ0v) is 26.1. The largest absolute Gasteiger partial charge is 0.490 e. The minimum Gasteiger partial charge on any atom is -0.481 e. The van der Waals surface area contributed by atoms with Crippen molar-refractivity contribution in [3.63, 3.8) is 0 Å². The molecule has 0 aromatic rings. The first-order valence-corrected chi connectivity index (χ1v) is 14.3. The predicted molar refractivity (Wildman–Crippen MR) is 158 cm³/mol. The lowest BCUT2D eigenvalue weighted by Crippen LogP contribution is -2.59. The van der Waals surface area contributed by atoms with E-state index in [1.54, 1.807) is 0 Å². The maximum absolute atomic E-state index is 12.9. The Kier molecular flexibility index (Phi) is 18.6. The van der Waals surface area contributed by atoms with Gasteiger partial charge >= 0.3 is 24.1 Å². The molecule has 24 heteroatoms. The maximum atomic E-state index is 12.9. The topological polar surface area (TPSA) is 359 Å². The monoisotopic (exact) mass is 715 g/mol. The van der Waals surface area contributed by atoms with Gasteiger partial charge in [-0.15, -0.1) is 0 Å². The molecule has 5 amide bonds. The van der Waals surface area contributed by atoms with Gasteiger partial charge in [0.15, 0.2) is 5.96 Å². The third-order valence-corrected chi connectivity index (χ3v) is 6.41. The standard InChI is InChI=1S/C23H39N9O10.C2HF3O2/c1-11(28-19(38)12(29-16(34)9-24)4-2-6-27-23(25)26)18(37)30-13(8-17(35)36)20(39)31-14(10-33)21(40)32-7-3-5-15(32)22(41)42;3-2(4,5)1(6)7/h11-15,33H,2-10,24H2,1H3,(H,28,38)(H,29,34)(H,30,37)(H,31,39)(H,35,36)(H,41,42)(H4,25,26,27);(H,6,7)/t11-,12-,13-,14-,15-;/m0./s1. The number of aliphatic imine (C=N–C) groups is 1. The summed E-state index contributed by atoms with van der Waals surface area (Å²) >= 11 is 0. The Morgan fingerprint density at radius 3 is 1.92 bits per heavy atom.